The van der Waals surface area contributed by atoms with Gasteiger partial charge >= 0.3 is 0 Å². The van der Waals surface area contributed by atoms with Gasteiger partial charge in [-0.3, -0.25) is 4.79 Å². The van der Waals surface area contributed by atoms with Gasteiger partial charge in [0.15, 0.2) is 0 Å². The van der Waals surface area contributed by atoms with Gasteiger partial charge in [-0.2, -0.15) is 4.31 Å². The maximum atomic E-state index is 13.6. The second-order valence-electron chi connectivity index (χ2n) is 8.56. The summed E-state index contributed by atoms with van der Waals surface area (Å²) in [5.41, 5.74) is 0.984. The maximum Gasteiger partial charge on any atom is 0.243 e. The lowest BCUT2D eigenvalue weighted by atomic mass is 10.0. The first-order chi connectivity index (χ1) is 17.8. The van der Waals surface area contributed by atoms with Crippen molar-refractivity contribution in [3.63, 3.8) is 0 Å². The van der Waals surface area contributed by atoms with E-state index >= 15 is 0 Å². The van der Waals surface area contributed by atoms with Gasteiger partial charge in [0.25, 0.3) is 0 Å². The smallest absolute Gasteiger partial charge is 0.243 e. The van der Waals surface area contributed by atoms with Crippen LogP contribution < -0.4 is 4.74 Å². The third kappa shape index (κ3) is 6.69. The molecule has 1 atom stereocenters. The monoisotopic (exact) mass is 566 g/mol. The molecule has 0 saturated heterocycles. The minimum absolute atomic E-state index is 0.0667. The molecule has 1 aliphatic rings. The molecule has 2 aromatic carbocycles. The topological polar surface area (TPSA) is 76.2 Å². The van der Waals surface area contributed by atoms with E-state index < -0.39 is 16.1 Å². The Morgan fingerprint density at radius 2 is 1.89 bits per heavy atom. The summed E-state index contributed by atoms with van der Waals surface area (Å²) >= 11 is 7.57. The quantitative estimate of drug-likeness (QED) is 0.312. The zero-order valence-electron chi connectivity index (χ0n) is 20.3. The molecule has 1 amide bonds. The fraction of sp³-hybridized carbons (Fsp3) is 0.346. The van der Waals surface area contributed by atoms with E-state index in [-0.39, 0.29) is 36.3 Å². The van der Waals surface area contributed by atoms with Crippen LogP contribution in [-0.2, 0) is 26.0 Å². The van der Waals surface area contributed by atoms with Crippen molar-refractivity contribution in [3.8, 4) is 5.75 Å². The molecule has 0 N–H and O–H groups in total. The fourth-order valence-electron chi connectivity index (χ4n) is 4.25. The van der Waals surface area contributed by atoms with Crippen molar-refractivity contribution in [2.45, 2.75) is 23.8 Å². The molecule has 0 fully saturated rings. The summed E-state index contributed by atoms with van der Waals surface area (Å²) in [6, 6.07) is 13.2. The van der Waals surface area contributed by atoms with Gasteiger partial charge in [-0.15, -0.1) is 11.3 Å². The normalized spacial score (nSPS) is 15.6. The van der Waals surface area contributed by atoms with Crippen LogP contribution in [0.1, 0.15) is 22.9 Å². The third-order valence-corrected chi connectivity index (χ3v) is 9.26. The Balaban J connectivity index is 1.55. The first-order valence-corrected chi connectivity index (χ1v) is 14.5. The zero-order valence-corrected chi connectivity index (χ0v) is 22.7. The number of carbonyl (C=O) groups is 1. The van der Waals surface area contributed by atoms with Crippen LogP contribution in [0.3, 0.4) is 0 Å². The van der Waals surface area contributed by atoms with Crippen LogP contribution in [0.4, 0.5) is 4.39 Å². The van der Waals surface area contributed by atoms with Crippen molar-refractivity contribution in [1.29, 1.82) is 0 Å². The molecule has 1 unspecified atom stereocenters. The first kappa shape index (κ1) is 27.5. The Kier molecular flexibility index (Phi) is 9.20. The standard InChI is InChI=1S/C26H28ClFN2O5S2/c1-34-15-2-13-29(37(32,33)22-9-3-19(27)4-10-22)17-26(31)30-14-11-25-23(12-16-36-25)24(30)18-35-21-7-5-20(28)6-8-21/h3-10,12,16,24H,2,11,13-15,17-18H2,1H3. The molecule has 3 aromatic rings. The minimum Gasteiger partial charge on any atom is -0.491 e. The van der Waals surface area contributed by atoms with E-state index in [1.54, 1.807) is 23.3 Å². The number of fused-ring (bicyclic) bond motifs is 1. The number of benzene rings is 2. The van der Waals surface area contributed by atoms with E-state index in [2.05, 4.69) is 0 Å². The molecular weight excluding hydrogens is 539 g/mol. The lowest BCUT2D eigenvalue weighted by Crippen LogP contribution is -2.48. The highest BCUT2D eigenvalue weighted by atomic mass is 35.5. The van der Waals surface area contributed by atoms with Crippen LogP contribution in [-0.4, -0.2) is 63.5 Å². The van der Waals surface area contributed by atoms with E-state index in [1.807, 2.05) is 11.4 Å². The average molecular weight is 567 g/mol. The van der Waals surface area contributed by atoms with Crippen LogP contribution >= 0.6 is 22.9 Å². The van der Waals surface area contributed by atoms with E-state index in [0.717, 1.165) is 5.56 Å². The number of carbonyl (C=O) groups excluding carboxylic acids is 1. The second-order valence-corrected chi connectivity index (χ2v) is 11.9. The number of ether oxygens (including phenoxy) is 2. The van der Waals surface area contributed by atoms with Crippen molar-refractivity contribution >= 4 is 38.9 Å². The minimum atomic E-state index is -3.95. The number of hydrogen-bond acceptors (Lipinski definition) is 6. The number of amides is 1. The Hall–Kier alpha value is -2.50. The molecule has 2 heterocycles. The predicted octanol–water partition coefficient (Wildman–Crippen LogP) is 4.77. The van der Waals surface area contributed by atoms with Crippen LogP contribution in [0, 0.1) is 5.82 Å². The lowest BCUT2D eigenvalue weighted by molar-refractivity contribution is -0.135. The van der Waals surface area contributed by atoms with Gasteiger partial charge in [0, 0.05) is 36.7 Å². The van der Waals surface area contributed by atoms with E-state index in [1.165, 1.54) is 57.7 Å². The van der Waals surface area contributed by atoms with E-state index in [0.29, 0.717) is 36.8 Å². The number of halogens is 2. The van der Waals surface area contributed by atoms with Gasteiger partial charge < -0.3 is 14.4 Å². The SMILES string of the molecule is COCCCN(CC(=O)N1CCc2sccc2C1COc1ccc(F)cc1)S(=O)(=O)c1ccc(Cl)cc1. The summed E-state index contributed by atoms with van der Waals surface area (Å²) in [4.78, 5) is 16.6. The highest BCUT2D eigenvalue weighted by molar-refractivity contribution is 7.89. The van der Waals surface area contributed by atoms with Crippen LogP contribution in [0.25, 0.3) is 0 Å². The van der Waals surface area contributed by atoms with Crippen molar-refractivity contribution in [2.75, 3.05) is 40.0 Å². The molecule has 1 aromatic heterocycles. The number of sulfonamides is 1. The molecule has 11 heteroatoms. The largest absolute Gasteiger partial charge is 0.491 e. The number of hydrogen-bond donors (Lipinski definition) is 0. The molecule has 4 rings (SSSR count). The van der Waals surface area contributed by atoms with Crippen molar-refractivity contribution < 1.29 is 27.1 Å². The number of thiophene rings is 1. The first-order valence-electron chi connectivity index (χ1n) is 11.8. The molecule has 1 aliphatic heterocycles. The Bertz CT molecular complexity index is 1300. The van der Waals surface area contributed by atoms with Gasteiger partial charge in [-0.25, -0.2) is 12.8 Å². The molecule has 0 bridgehead atoms. The Morgan fingerprint density at radius 1 is 1.16 bits per heavy atom. The maximum absolute atomic E-state index is 13.6. The fourth-order valence-corrected chi connectivity index (χ4v) is 6.73. The predicted molar refractivity (Wildman–Crippen MR) is 141 cm³/mol. The third-order valence-electron chi connectivity index (χ3n) is 6.16. The molecule has 7 nitrogen and oxygen atoms in total. The second kappa shape index (κ2) is 12.4. The van der Waals surface area contributed by atoms with Crippen LogP contribution in [0.15, 0.2) is 64.9 Å². The molecule has 198 valence electrons. The number of rotatable bonds is 11. The highest BCUT2D eigenvalue weighted by Crippen LogP contribution is 2.34. The Labute approximate surface area is 225 Å². The van der Waals surface area contributed by atoms with Crippen molar-refractivity contribution in [3.05, 3.63) is 81.3 Å². The van der Waals surface area contributed by atoms with Gasteiger partial charge in [-0.1, -0.05) is 11.6 Å². The Morgan fingerprint density at radius 3 is 2.59 bits per heavy atom. The zero-order chi connectivity index (χ0) is 26.4. The summed E-state index contributed by atoms with van der Waals surface area (Å²) in [5, 5.41) is 2.40. The molecule has 0 saturated carbocycles. The molecule has 0 spiro atoms. The molecule has 0 radical (unpaired) electrons. The number of nitrogens with zero attached hydrogens (tertiary/aromatic N) is 2. The van der Waals surface area contributed by atoms with E-state index in [4.69, 9.17) is 21.1 Å². The van der Waals surface area contributed by atoms with E-state index in [9.17, 15) is 17.6 Å². The average Bonchev–Trinajstić information content (AvgIpc) is 3.37. The van der Waals surface area contributed by atoms with Crippen LogP contribution in [0.2, 0.25) is 5.02 Å². The summed E-state index contributed by atoms with van der Waals surface area (Å²) in [6.45, 7) is 0.766. The van der Waals surface area contributed by atoms with Gasteiger partial charge in [0.05, 0.1) is 17.5 Å². The van der Waals surface area contributed by atoms with Crippen molar-refractivity contribution in [2.24, 2.45) is 0 Å². The highest BCUT2D eigenvalue weighted by Gasteiger charge is 2.35. The lowest BCUT2D eigenvalue weighted by Gasteiger charge is -2.37. The summed E-state index contributed by atoms with van der Waals surface area (Å²) in [5.74, 6) is -0.195. The molecular formula is C26H28ClFN2O5S2. The summed E-state index contributed by atoms with van der Waals surface area (Å²) in [7, 11) is -2.41. The van der Waals surface area contributed by atoms with Gasteiger partial charge in [0.2, 0.25) is 15.9 Å². The summed E-state index contributed by atoms with van der Waals surface area (Å²) < 4.78 is 52.4. The van der Waals surface area contributed by atoms with Gasteiger partial charge in [-0.05, 0) is 78.4 Å². The van der Waals surface area contributed by atoms with Crippen LogP contribution in [0.5, 0.6) is 5.75 Å². The van der Waals surface area contributed by atoms with Crippen molar-refractivity contribution in [1.82, 2.24) is 9.21 Å². The molecule has 0 aliphatic carbocycles. The number of methoxy groups -OCH3 is 1. The van der Waals surface area contributed by atoms with Gasteiger partial charge in [0.1, 0.15) is 18.2 Å². The molecule has 37 heavy (non-hydrogen) atoms. The summed E-state index contributed by atoms with van der Waals surface area (Å²) in [6.07, 6.45) is 1.11.